The summed E-state index contributed by atoms with van der Waals surface area (Å²) in [6.07, 6.45) is 11.1. The van der Waals surface area contributed by atoms with E-state index in [1.54, 1.807) is 0 Å². The molecule has 0 spiro atoms. The normalized spacial score (nSPS) is 12.0. The fourth-order valence-electron chi connectivity index (χ4n) is 1.63. The summed E-state index contributed by atoms with van der Waals surface area (Å²) in [5.74, 6) is 0.794. The number of halogens is 1. The van der Waals surface area contributed by atoms with Crippen LogP contribution in [0.2, 0.25) is 0 Å². The third kappa shape index (κ3) is 8.87. The van der Waals surface area contributed by atoms with Crippen molar-refractivity contribution in [3.05, 3.63) is 0 Å². The SMILES string of the molecule is CCCCCCCCCC(C)(C)CCl. The Labute approximate surface area is 95.4 Å². The Bertz CT molecular complexity index is 118. The molecule has 1 heteroatoms. The zero-order valence-electron chi connectivity index (χ0n) is 10.2. The Morgan fingerprint density at radius 3 is 1.86 bits per heavy atom. The van der Waals surface area contributed by atoms with Crippen LogP contribution in [0.3, 0.4) is 0 Å². The van der Waals surface area contributed by atoms with E-state index in [-0.39, 0.29) is 0 Å². The number of rotatable bonds is 9. The molecule has 0 saturated carbocycles. The zero-order valence-corrected chi connectivity index (χ0v) is 11.0. The topological polar surface area (TPSA) is 0 Å². The van der Waals surface area contributed by atoms with Crippen LogP contribution in [-0.2, 0) is 0 Å². The van der Waals surface area contributed by atoms with Gasteiger partial charge in [0.1, 0.15) is 0 Å². The highest BCUT2D eigenvalue weighted by molar-refractivity contribution is 6.18. The lowest BCUT2D eigenvalue weighted by molar-refractivity contribution is 0.362. The Hall–Kier alpha value is 0.290. The van der Waals surface area contributed by atoms with Gasteiger partial charge in [-0.25, -0.2) is 0 Å². The molecule has 0 heterocycles. The van der Waals surface area contributed by atoms with E-state index in [0.717, 1.165) is 5.88 Å². The van der Waals surface area contributed by atoms with E-state index < -0.39 is 0 Å². The lowest BCUT2D eigenvalue weighted by atomic mass is 9.89. The van der Waals surface area contributed by atoms with Gasteiger partial charge in [0.15, 0.2) is 0 Å². The van der Waals surface area contributed by atoms with Crippen molar-refractivity contribution in [2.45, 2.75) is 72.1 Å². The molecule has 0 radical (unpaired) electrons. The molecule has 0 aromatic heterocycles. The van der Waals surface area contributed by atoms with Gasteiger partial charge < -0.3 is 0 Å². The monoisotopic (exact) mass is 218 g/mol. The van der Waals surface area contributed by atoms with Crippen LogP contribution < -0.4 is 0 Å². The minimum atomic E-state index is 0.352. The van der Waals surface area contributed by atoms with Crippen LogP contribution >= 0.6 is 11.6 Å². The van der Waals surface area contributed by atoms with Crippen LogP contribution in [0.15, 0.2) is 0 Å². The van der Waals surface area contributed by atoms with E-state index >= 15 is 0 Å². The number of unbranched alkanes of at least 4 members (excludes halogenated alkanes) is 6. The molecule has 0 aliphatic rings. The van der Waals surface area contributed by atoms with E-state index in [1.807, 2.05) is 0 Å². The Kier molecular flexibility index (Phi) is 8.76. The average Bonchev–Trinajstić information content (AvgIpc) is 2.16. The second-order valence-electron chi connectivity index (χ2n) is 5.17. The van der Waals surface area contributed by atoms with Crippen LogP contribution in [0.1, 0.15) is 72.1 Å². The van der Waals surface area contributed by atoms with Gasteiger partial charge in [-0.3, -0.25) is 0 Å². The Balaban J connectivity index is 3.13. The van der Waals surface area contributed by atoms with Gasteiger partial charge in [0.25, 0.3) is 0 Å². The quantitative estimate of drug-likeness (QED) is 0.360. The fraction of sp³-hybridized carbons (Fsp3) is 1.00. The van der Waals surface area contributed by atoms with Crippen molar-refractivity contribution in [1.29, 1.82) is 0 Å². The molecule has 14 heavy (non-hydrogen) atoms. The molecule has 0 amide bonds. The van der Waals surface area contributed by atoms with Gasteiger partial charge in [0.2, 0.25) is 0 Å². The van der Waals surface area contributed by atoms with Crippen molar-refractivity contribution >= 4 is 11.6 Å². The van der Waals surface area contributed by atoms with Crippen LogP contribution in [0.25, 0.3) is 0 Å². The van der Waals surface area contributed by atoms with E-state index in [4.69, 9.17) is 11.6 Å². The highest BCUT2D eigenvalue weighted by Crippen LogP contribution is 2.25. The molecular formula is C13H27Cl. The van der Waals surface area contributed by atoms with Crippen molar-refractivity contribution in [2.75, 3.05) is 5.88 Å². The number of alkyl halides is 1. The lowest BCUT2D eigenvalue weighted by Crippen LogP contribution is -2.12. The summed E-state index contributed by atoms with van der Waals surface area (Å²) in [5, 5.41) is 0. The van der Waals surface area contributed by atoms with Crippen LogP contribution in [0, 0.1) is 5.41 Å². The van der Waals surface area contributed by atoms with Gasteiger partial charge in [-0.15, -0.1) is 11.6 Å². The number of hydrogen-bond donors (Lipinski definition) is 0. The first kappa shape index (κ1) is 14.3. The molecule has 0 bridgehead atoms. The molecule has 0 aliphatic heterocycles. The molecule has 0 aromatic carbocycles. The smallest absolute Gasteiger partial charge is 0.0274 e. The maximum Gasteiger partial charge on any atom is 0.0274 e. The van der Waals surface area contributed by atoms with E-state index in [9.17, 15) is 0 Å². The Morgan fingerprint density at radius 1 is 0.857 bits per heavy atom. The number of hydrogen-bond acceptors (Lipinski definition) is 0. The van der Waals surface area contributed by atoms with Crippen molar-refractivity contribution in [3.8, 4) is 0 Å². The first-order valence-electron chi connectivity index (χ1n) is 6.18. The third-order valence-corrected chi connectivity index (χ3v) is 3.54. The molecule has 0 N–H and O–H groups in total. The summed E-state index contributed by atoms with van der Waals surface area (Å²) in [7, 11) is 0. The minimum absolute atomic E-state index is 0.352. The molecule has 0 rings (SSSR count). The van der Waals surface area contributed by atoms with E-state index in [0.29, 0.717) is 5.41 Å². The predicted octanol–water partition coefficient (Wildman–Crippen LogP) is 5.39. The zero-order chi connectivity index (χ0) is 10.9. The van der Waals surface area contributed by atoms with Gasteiger partial charge in [-0.05, 0) is 11.8 Å². The highest BCUT2D eigenvalue weighted by Gasteiger charge is 2.14. The molecular weight excluding hydrogens is 192 g/mol. The summed E-state index contributed by atoms with van der Waals surface area (Å²) < 4.78 is 0. The summed E-state index contributed by atoms with van der Waals surface area (Å²) in [6.45, 7) is 6.79. The van der Waals surface area contributed by atoms with Crippen molar-refractivity contribution < 1.29 is 0 Å². The van der Waals surface area contributed by atoms with E-state index in [1.165, 1.54) is 51.4 Å². The van der Waals surface area contributed by atoms with Gasteiger partial charge in [-0.1, -0.05) is 65.7 Å². The third-order valence-electron chi connectivity index (χ3n) is 2.82. The second kappa shape index (κ2) is 8.59. The summed E-state index contributed by atoms with van der Waals surface area (Å²) in [5.41, 5.74) is 0.352. The Morgan fingerprint density at radius 2 is 1.36 bits per heavy atom. The fourth-order valence-corrected chi connectivity index (χ4v) is 1.76. The predicted molar refractivity (Wildman–Crippen MR) is 67.1 cm³/mol. The second-order valence-corrected chi connectivity index (χ2v) is 5.44. The molecule has 0 unspecified atom stereocenters. The maximum absolute atomic E-state index is 5.87. The van der Waals surface area contributed by atoms with Crippen LogP contribution in [0.5, 0.6) is 0 Å². The molecule has 86 valence electrons. The maximum atomic E-state index is 5.87. The standard InChI is InChI=1S/C13H27Cl/c1-4-5-6-7-8-9-10-11-13(2,3)12-14/h4-12H2,1-3H3. The van der Waals surface area contributed by atoms with Crippen molar-refractivity contribution in [2.24, 2.45) is 5.41 Å². The highest BCUT2D eigenvalue weighted by atomic mass is 35.5. The van der Waals surface area contributed by atoms with Gasteiger partial charge >= 0.3 is 0 Å². The molecule has 0 fully saturated rings. The van der Waals surface area contributed by atoms with Crippen LogP contribution in [0.4, 0.5) is 0 Å². The van der Waals surface area contributed by atoms with Crippen molar-refractivity contribution in [1.82, 2.24) is 0 Å². The van der Waals surface area contributed by atoms with Gasteiger partial charge in [0.05, 0.1) is 0 Å². The molecule has 0 aliphatic carbocycles. The van der Waals surface area contributed by atoms with Crippen LogP contribution in [-0.4, -0.2) is 5.88 Å². The van der Waals surface area contributed by atoms with Gasteiger partial charge in [0, 0.05) is 5.88 Å². The van der Waals surface area contributed by atoms with Gasteiger partial charge in [-0.2, -0.15) is 0 Å². The lowest BCUT2D eigenvalue weighted by Gasteiger charge is -2.20. The summed E-state index contributed by atoms with van der Waals surface area (Å²) in [6, 6.07) is 0. The van der Waals surface area contributed by atoms with E-state index in [2.05, 4.69) is 20.8 Å². The first-order valence-corrected chi connectivity index (χ1v) is 6.72. The summed E-state index contributed by atoms with van der Waals surface area (Å²) >= 11 is 5.87. The summed E-state index contributed by atoms with van der Waals surface area (Å²) in [4.78, 5) is 0. The first-order chi connectivity index (χ1) is 6.62. The van der Waals surface area contributed by atoms with Crippen molar-refractivity contribution in [3.63, 3.8) is 0 Å². The molecule has 0 aromatic rings. The largest absolute Gasteiger partial charge is 0.126 e. The molecule has 0 atom stereocenters. The minimum Gasteiger partial charge on any atom is -0.126 e. The molecule has 0 saturated heterocycles. The molecule has 0 nitrogen and oxygen atoms in total. The average molecular weight is 219 g/mol.